The van der Waals surface area contributed by atoms with Crippen molar-refractivity contribution in [3.63, 3.8) is 0 Å². The molecule has 0 aliphatic rings. The van der Waals surface area contributed by atoms with Gasteiger partial charge in [0.15, 0.2) is 0 Å². The number of benzene rings is 2. The molecular formula is C21H20N2O5S2. The number of carbonyl (C=O) groups excluding carboxylic acids is 2. The highest BCUT2D eigenvalue weighted by molar-refractivity contribution is 7.92. The lowest BCUT2D eigenvalue weighted by Crippen LogP contribution is -2.15. The Morgan fingerprint density at radius 2 is 1.67 bits per heavy atom. The molecular weight excluding hydrogens is 424 g/mol. The largest absolute Gasteiger partial charge is 0.462 e. The van der Waals surface area contributed by atoms with Crippen molar-refractivity contribution in [1.82, 2.24) is 0 Å². The van der Waals surface area contributed by atoms with Crippen LogP contribution in [-0.2, 0) is 14.8 Å². The molecule has 0 fully saturated rings. The van der Waals surface area contributed by atoms with E-state index in [-0.39, 0.29) is 17.1 Å². The molecule has 0 atom stereocenters. The summed E-state index contributed by atoms with van der Waals surface area (Å²) in [5.41, 5.74) is 1.89. The van der Waals surface area contributed by atoms with Crippen LogP contribution in [0.2, 0.25) is 0 Å². The van der Waals surface area contributed by atoms with Crippen molar-refractivity contribution < 1.29 is 22.7 Å². The van der Waals surface area contributed by atoms with Crippen LogP contribution in [0.5, 0.6) is 0 Å². The molecule has 156 valence electrons. The number of ether oxygens (including phenoxy) is 1. The highest BCUT2D eigenvalue weighted by Gasteiger charge is 2.17. The first-order valence-corrected chi connectivity index (χ1v) is 11.4. The number of aryl methyl sites for hydroxylation is 1. The molecule has 0 aliphatic carbocycles. The van der Waals surface area contributed by atoms with Crippen molar-refractivity contribution in [2.45, 2.75) is 18.7 Å². The maximum atomic E-state index is 12.5. The number of amides is 1. The average Bonchev–Trinajstić information content (AvgIpc) is 3.17. The van der Waals surface area contributed by atoms with Crippen molar-refractivity contribution in [1.29, 1.82) is 0 Å². The third-order valence-electron chi connectivity index (χ3n) is 4.12. The van der Waals surface area contributed by atoms with Gasteiger partial charge < -0.3 is 10.1 Å². The number of carbonyl (C=O) groups is 2. The highest BCUT2D eigenvalue weighted by atomic mass is 32.2. The lowest BCUT2D eigenvalue weighted by Gasteiger charge is -2.10. The fourth-order valence-electron chi connectivity index (χ4n) is 2.57. The fraction of sp³-hybridized carbons (Fsp3) is 0.143. The fourth-order valence-corrected chi connectivity index (χ4v) is 4.40. The van der Waals surface area contributed by atoms with E-state index in [1.54, 1.807) is 30.5 Å². The molecule has 1 amide bonds. The summed E-state index contributed by atoms with van der Waals surface area (Å²) in [7, 11) is -3.73. The van der Waals surface area contributed by atoms with Gasteiger partial charge in [-0.25, -0.2) is 13.2 Å². The number of nitrogens with one attached hydrogen (secondary N) is 2. The van der Waals surface area contributed by atoms with E-state index >= 15 is 0 Å². The zero-order valence-electron chi connectivity index (χ0n) is 16.3. The van der Waals surface area contributed by atoms with E-state index in [1.807, 2.05) is 6.92 Å². The zero-order chi connectivity index (χ0) is 21.7. The minimum absolute atomic E-state index is 0.152. The molecule has 0 spiro atoms. The van der Waals surface area contributed by atoms with E-state index in [1.165, 1.54) is 47.7 Å². The highest BCUT2D eigenvalue weighted by Crippen LogP contribution is 2.25. The summed E-state index contributed by atoms with van der Waals surface area (Å²) in [4.78, 5) is 24.6. The van der Waals surface area contributed by atoms with Crippen LogP contribution < -0.4 is 10.0 Å². The maximum absolute atomic E-state index is 12.5. The van der Waals surface area contributed by atoms with Crippen LogP contribution in [0.15, 0.2) is 64.9 Å². The Bertz CT molecular complexity index is 1150. The summed E-state index contributed by atoms with van der Waals surface area (Å²) in [6.45, 7) is 3.82. The van der Waals surface area contributed by atoms with Crippen LogP contribution >= 0.6 is 11.3 Å². The van der Waals surface area contributed by atoms with Crippen molar-refractivity contribution in [3.05, 3.63) is 76.7 Å². The number of hydrogen-bond acceptors (Lipinski definition) is 6. The maximum Gasteiger partial charge on any atom is 0.341 e. The van der Waals surface area contributed by atoms with E-state index in [2.05, 4.69) is 10.0 Å². The van der Waals surface area contributed by atoms with Crippen LogP contribution in [0.4, 0.5) is 10.7 Å². The number of hydrogen-bond donors (Lipinski definition) is 2. The molecule has 1 aromatic heterocycles. The minimum Gasteiger partial charge on any atom is -0.462 e. The van der Waals surface area contributed by atoms with Crippen molar-refractivity contribution in [2.75, 3.05) is 16.6 Å². The number of thiophene rings is 1. The summed E-state index contributed by atoms with van der Waals surface area (Å²) in [5, 5.41) is 4.76. The Labute approximate surface area is 178 Å². The Morgan fingerprint density at radius 1 is 1.00 bits per heavy atom. The van der Waals surface area contributed by atoms with Gasteiger partial charge in [-0.05, 0) is 61.7 Å². The van der Waals surface area contributed by atoms with Crippen LogP contribution in [0, 0.1) is 6.92 Å². The van der Waals surface area contributed by atoms with Gasteiger partial charge in [-0.2, -0.15) is 0 Å². The summed E-state index contributed by atoms with van der Waals surface area (Å²) < 4.78 is 32.4. The van der Waals surface area contributed by atoms with E-state index in [0.29, 0.717) is 16.3 Å². The first-order chi connectivity index (χ1) is 14.3. The molecule has 7 nitrogen and oxygen atoms in total. The van der Waals surface area contributed by atoms with E-state index in [0.717, 1.165) is 5.56 Å². The van der Waals surface area contributed by atoms with E-state index in [9.17, 15) is 18.0 Å². The molecule has 0 radical (unpaired) electrons. The third kappa shape index (κ3) is 5.05. The predicted octanol–water partition coefficient (Wildman–Crippen LogP) is 4.29. The molecule has 0 aliphatic heterocycles. The van der Waals surface area contributed by atoms with Gasteiger partial charge in [-0.15, -0.1) is 11.3 Å². The first-order valence-electron chi connectivity index (χ1n) is 9.05. The Balaban J connectivity index is 1.70. The van der Waals surface area contributed by atoms with Gasteiger partial charge in [-0.3, -0.25) is 9.52 Å². The molecule has 30 heavy (non-hydrogen) atoms. The molecule has 1 heterocycles. The number of rotatable bonds is 7. The van der Waals surface area contributed by atoms with Crippen LogP contribution in [-0.4, -0.2) is 26.9 Å². The third-order valence-corrected chi connectivity index (χ3v) is 6.35. The molecule has 9 heteroatoms. The van der Waals surface area contributed by atoms with E-state index in [4.69, 9.17) is 4.74 Å². The molecule has 0 saturated carbocycles. The summed E-state index contributed by atoms with van der Waals surface area (Å²) in [6, 6.07) is 14.1. The summed E-state index contributed by atoms with van der Waals surface area (Å²) >= 11 is 1.21. The topological polar surface area (TPSA) is 102 Å². The molecule has 2 N–H and O–H groups in total. The van der Waals surface area contributed by atoms with Crippen molar-refractivity contribution >= 4 is 43.9 Å². The second-order valence-corrected chi connectivity index (χ2v) is 8.93. The quantitative estimate of drug-likeness (QED) is 0.530. The smallest absolute Gasteiger partial charge is 0.341 e. The molecule has 2 aromatic carbocycles. The van der Waals surface area contributed by atoms with Crippen molar-refractivity contribution in [2.24, 2.45) is 0 Å². The molecule has 0 bridgehead atoms. The van der Waals surface area contributed by atoms with Gasteiger partial charge in [0, 0.05) is 11.3 Å². The summed E-state index contributed by atoms with van der Waals surface area (Å²) in [6.07, 6.45) is 0. The molecule has 0 unspecified atom stereocenters. The Morgan fingerprint density at radius 3 is 2.30 bits per heavy atom. The second kappa shape index (κ2) is 9.10. The molecule has 3 aromatic rings. The minimum atomic E-state index is -3.73. The monoisotopic (exact) mass is 444 g/mol. The van der Waals surface area contributed by atoms with Gasteiger partial charge in [-0.1, -0.05) is 17.7 Å². The zero-order valence-corrected chi connectivity index (χ0v) is 18.0. The van der Waals surface area contributed by atoms with Gasteiger partial charge >= 0.3 is 5.97 Å². The van der Waals surface area contributed by atoms with Crippen LogP contribution in [0.25, 0.3) is 0 Å². The Kier molecular flexibility index (Phi) is 6.53. The number of sulfonamides is 1. The number of esters is 1. The van der Waals surface area contributed by atoms with Crippen LogP contribution in [0.1, 0.15) is 33.2 Å². The van der Waals surface area contributed by atoms with E-state index < -0.39 is 21.9 Å². The van der Waals surface area contributed by atoms with Gasteiger partial charge in [0.05, 0.1) is 17.1 Å². The average molecular weight is 445 g/mol. The standard InChI is InChI=1S/C21H20N2O5S2/c1-3-28-21(25)18-12-13-29-20(18)22-19(24)15-6-8-16(9-7-15)23-30(26,27)17-10-4-14(2)5-11-17/h4-13,23H,3H2,1-2H3,(H,22,24). The number of anilines is 2. The Hall–Kier alpha value is -3.17. The van der Waals surface area contributed by atoms with Gasteiger partial charge in [0.2, 0.25) is 0 Å². The SMILES string of the molecule is CCOC(=O)c1ccsc1NC(=O)c1ccc(NS(=O)(=O)c2ccc(C)cc2)cc1. The molecule has 0 saturated heterocycles. The predicted molar refractivity (Wildman–Crippen MR) is 117 cm³/mol. The first kappa shape index (κ1) is 21.5. The summed E-state index contributed by atoms with van der Waals surface area (Å²) in [5.74, 6) is -0.925. The van der Waals surface area contributed by atoms with Crippen LogP contribution in [0.3, 0.4) is 0 Å². The lowest BCUT2D eigenvalue weighted by atomic mass is 10.2. The lowest BCUT2D eigenvalue weighted by molar-refractivity contribution is 0.0528. The normalized spacial score (nSPS) is 11.0. The van der Waals surface area contributed by atoms with Gasteiger partial charge in [0.25, 0.3) is 15.9 Å². The molecule has 3 rings (SSSR count). The van der Waals surface area contributed by atoms with Gasteiger partial charge in [0.1, 0.15) is 5.00 Å². The second-order valence-electron chi connectivity index (χ2n) is 6.33. The van der Waals surface area contributed by atoms with Crippen molar-refractivity contribution in [3.8, 4) is 0 Å².